The van der Waals surface area contributed by atoms with Crippen LogP contribution in [0, 0.1) is 0 Å². The summed E-state index contributed by atoms with van der Waals surface area (Å²) in [5.74, 6) is 0. The Hall–Kier alpha value is -1.30. The van der Waals surface area contributed by atoms with Gasteiger partial charge < -0.3 is 0 Å². The summed E-state index contributed by atoms with van der Waals surface area (Å²) in [6, 6.07) is 10.6. The molecule has 0 aliphatic heterocycles. The Balaban J connectivity index is 2.33. The molecule has 0 spiro atoms. The molecular formula is C13H14. The highest BCUT2D eigenvalue weighted by molar-refractivity contribution is 5.75. The van der Waals surface area contributed by atoms with Gasteiger partial charge in [0.05, 0.1) is 0 Å². The van der Waals surface area contributed by atoms with Crippen LogP contribution in [0.1, 0.15) is 25.3 Å². The molecule has 1 aromatic carbocycles. The zero-order chi connectivity index (χ0) is 9.10. The molecule has 0 heterocycles. The van der Waals surface area contributed by atoms with Crippen molar-refractivity contribution in [1.29, 1.82) is 0 Å². The highest BCUT2D eigenvalue weighted by Crippen LogP contribution is 2.24. The van der Waals surface area contributed by atoms with Crippen molar-refractivity contribution in [3.05, 3.63) is 53.6 Å². The maximum Gasteiger partial charge on any atom is -0.0187 e. The second kappa shape index (κ2) is 3.61. The SMILES string of the molecule is CC1=CC(c2ccccc2)=CCC1. The van der Waals surface area contributed by atoms with E-state index in [1.807, 2.05) is 0 Å². The first-order chi connectivity index (χ1) is 6.36. The van der Waals surface area contributed by atoms with E-state index in [9.17, 15) is 0 Å². The molecule has 0 radical (unpaired) electrons. The average Bonchev–Trinajstić information content (AvgIpc) is 2.19. The molecule has 0 saturated carbocycles. The average molecular weight is 170 g/mol. The van der Waals surface area contributed by atoms with Crippen molar-refractivity contribution in [3.8, 4) is 0 Å². The first kappa shape index (κ1) is 8.31. The fourth-order valence-corrected chi connectivity index (χ4v) is 1.68. The van der Waals surface area contributed by atoms with Gasteiger partial charge in [-0.15, -0.1) is 0 Å². The molecule has 0 saturated heterocycles. The van der Waals surface area contributed by atoms with Crippen molar-refractivity contribution >= 4 is 5.57 Å². The van der Waals surface area contributed by atoms with Crippen LogP contribution in [0.5, 0.6) is 0 Å². The number of hydrogen-bond donors (Lipinski definition) is 0. The number of benzene rings is 1. The Morgan fingerprint density at radius 2 is 1.85 bits per heavy atom. The minimum Gasteiger partial charge on any atom is -0.0763 e. The summed E-state index contributed by atoms with van der Waals surface area (Å²) in [4.78, 5) is 0. The summed E-state index contributed by atoms with van der Waals surface area (Å²) in [5.41, 5.74) is 4.20. The van der Waals surface area contributed by atoms with Gasteiger partial charge >= 0.3 is 0 Å². The topological polar surface area (TPSA) is 0 Å². The largest absolute Gasteiger partial charge is 0.0763 e. The Bertz CT molecular complexity index is 342. The molecule has 66 valence electrons. The quantitative estimate of drug-likeness (QED) is 0.601. The van der Waals surface area contributed by atoms with Gasteiger partial charge in [-0.2, -0.15) is 0 Å². The van der Waals surface area contributed by atoms with Crippen molar-refractivity contribution in [1.82, 2.24) is 0 Å². The molecular weight excluding hydrogens is 156 g/mol. The van der Waals surface area contributed by atoms with E-state index in [0.29, 0.717) is 0 Å². The predicted molar refractivity (Wildman–Crippen MR) is 57.4 cm³/mol. The van der Waals surface area contributed by atoms with Gasteiger partial charge in [0.25, 0.3) is 0 Å². The zero-order valence-electron chi connectivity index (χ0n) is 7.96. The van der Waals surface area contributed by atoms with E-state index in [1.165, 1.54) is 29.6 Å². The first-order valence-electron chi connectivity index (χ1n) is 4.79. The van der Waals surface area contributed by atoms with E-state index in [0.717, 1.165) is 0 Å². The Kier molecular flexibility index (Phi) is 2.31. The van der Waals surface area contributed by atoms with Gasteiger partial charge in [-0.05, 0) is 30.9 Å². The van der Waals surface area contributed by atoms with Crippen LogP contribution < -0.4 is 0 Å². The Morgan fingerprint density at radius 3 is 2.54 bits per heavy atom. The molecule has 0 aromatic heterocycles. The summed E-state index contributed by atoms with van der Waals surface area (Å²) in [7, 11) is 0. The predicted octanol–water partition coefficient (Wildman–Crippen LogP) is 3.81. The number of rotatable bonds is 1. The van der Waals surface area contributed by atoms with E-state index >= 15 is 0 Å². The van der Waals surface area contributed by atoms with Gasteiger partial charge in [0.15, 0.2) is 0 Å². The van der Waals surface area contributed by atoms with Crippen LogP contribution in [0.2, 0.25) is 0 Å². The Morgan fingerprint density at radius 1 is 1.08 bits per heavy atom. The van der Waals surface area contributed by atoms with Crippen molar-refractivity contribution in [2.75, 3.05) is 0 Å². The van der Waals surface area contributed by atoms with Crippen molar-refractivity contribution < 1.29 is 0 Å². The van der Waals surface area contributed by atoms with Crippen LogP contribution in [0.4, 0.5) is 0 Å². The summed E-state index contributed by atoms with van der Waals surface area (Å²) >= 11 is 0. The van der Waals surface area contributed by atoms with Crippen molar-refractivity contribution in [2.24, 2.45) is 0 Å². The van der Waals surface area contributed by atoms with Gasteiger partial charge in [0, 0.05) is 0 Å². The van der Waals surface area contributed by atoms with Gasteiger partial charge in [-0.1, -0.05) is 48.1 Å². The second-order valence-corrected chi connectivity index (χ2v) is 3.55. The van der Waals surface area contributed by atoms with E-state index in [-0.39, 0.29) is 0 Å². The standard InChI is InChI=1S/C13H14/c1-11-6-5-9-13(10-11)12-7-3-2-4-8-12/h2-4,7-10H,5-6H2,1H3. The molecule has 13 heavy (non-hydrogen) atoms. The highest BCUT2D eigenvalue weighted by atomic mass is 14.1. The maximum atomic E-state index is 2.32. The van der Waals surface area contributed by atoms with E-state index in [1.54, 1.807) is 0 Å². The lowest BCUT2D eigenvalue weighted by Gasteiger charge is -2.10. The van der Waals surface area contributed by atoms with E-state index < -0.39 is 0 Å². The lowest BCUT2D eigenvalue weighted by molar-refractivity contribution is 0.966. The summed E-state index contributed by atoms with van der Waals surface area (Å²) < 4.78 is 0. The van der Waals surface area contributed by atoms with E-state index in [4.69, 9.17) is 0 Å². The first-order valence-corrected chi connectivity index (χ1v) is 4.79. The normalized spacial score (nSPS) is 16.4. The zero-order valence-corrected chi connectivity index (χ0v) is 7.96. The van der Waals surface area contributed by atoms with Gasteiger partial charge in [-0.25, -0.2) is 0 Å². The molecule has 0 nitrogen and oxygen atoms in total. The molecule has 0 unspecified atom stereocenters. The molecule has 0 amide bonds. The summed E-state index contributed by atoms with van der Waals surface area (Å²) in [5, 5.41) is 0. The van der Waals surface area contributed by atoms with Crippen molar-refractivity contribution in [3.63, 3.8) is 0 Å². The molecule has 0 bridgehead atoms. The highest BCUT2D eigenvalue weighted by Gasteiger charge is 2.02. The van der Waals surface area contributed by atoms with Gasteiger partial charge in [-0.3, -0.25) is 0 Å². The monoisotopic (exact) mass is 170 g/mol. The number of hydrogen-bond acceptors (Lipinski definition) is 0. The molecule has 1 aliphatic carbocycles. The molecule has 0 fully saturated rings. The van der Waals surface area contributed by atoms with Crippen LogP contribution in [-0.2, 0) is 0 Å². The maximum absolute atomic E-state index is 2.32. The molecule has 0 N–H and O–H groups in total. The van der Waals surface area contributed by atoms with Crippen LogP contribution in [0.3, 0.4) is 0 Å². The fraction of sp³-hybridized carbons (Fsp3) is 0.231. The summed E-state index contributed by atoms with van der Waals surface area (Å²) in [6.45, 7) is 2.20. The van der Waals surface area contributed by atoms with Crippen LogP contribution >= 0.6 is 0 Å². The number of allylic oxidation sites excluding steroid dienone is 4. The second-order valence-electron chi connectivity index (χ2n) is 3.55. The lowest BCUT2D eigenvalue weighted by atomic mass is 9.96. The smallest absolute Gasteiger partial charge is 0.0187 e. The van der Waals surface area contributed by atoms with Crippen LogP contribution in [0.25, 0.3) is 5.57 Å². The Labute approximate surface area is 79.6 Å². The summed E-state index contributed by atoms with van der Waals surface area (Å²) in [6.07, 6.45) is 7.02. The minimum atomic E-state index is 1.19. The van der Waals surface area contributed by atoms with Crippen LogP contribution in [-0.4, -0.2) is 0 Å². The molecule has 1 aromatic rings. The third-order valence-corrected chi connectivity index (χ3v) is 2.41. The third-order valence-electron chi connectivity index (χ3n) is 2.41. The molecule has 0 heteroatoms. The third kappa shape index (κ3) is 1.89. The van der Waals surface area contributed by atoms with Gasteiger partial charge in [0.2, 0.25) is 0 Å². The minimum absolute atomic E-state index is 1.19. The van der Waals surface area contributed by atoms with Crippen LogP contribution in [0.15, 0.2) is 48.1 Å². The molecule has 0 atom stereocenters. The molecule has 2 rings (SSSR count). The molecule has 1 aliphatic rings. The van der Waals surface area contributed by atoms with E-state index in [2.05, 4.69) is 49.4 Å². The van der Waals surface area contributed by atoms with Crippen molar-refractivity contribution in [2.45, 2.75) is 19.8 Å². The fourth-order valence-electron chi connectivity index (χ4n) is 1.68. The van der Waals surface area contributed by atoms with Gasteiger partial charge in [0.1, 0.15) is 0 Å². The lowest BCUT2D eigenvalue weighted by Crippen LogP contribution is -1.89.